The molecule has 6 heterocycles. The van der Waals surface area contributed by atoms with Crippen LogP contribution in [0.4, 0.5) is 5.82 Å². The molecule has 0 amide bonds. The Morgan fingerprint density at radius 3 is 2.85 bits per heavy atom. The van der Waals surface area contributed by atoms with Crippen LogP contribution in [0.3, 0.4) is 0 Å². The highest BCUT2D eigenvalue weighted by molar-refractivity contribution is 7.33. The summed E-state index contributed by atoms with van der Waals surface area (Å²) in [6.45, 7) is -0.829. The first-order chi connectivity index (χ1) is 18.9. The maximum Gasteiger partial charge on any atom is 0.698 e. The second-order valence-corrected chi connectivity index (χ2v) is 9.93. The SMILES string of the molecule is Nc1ncnn2c([C@H]3C[C@H](O)[C@@H](CO[P+](=O)O[C@@H]4[C@H](O)[C@@H](CO)O[C@H]4n4ccc(=O)n5ccnc45)O3)cnc12. The van der Waals surface area contributed by atoms with Crippen molar-refractivity contribution in [3.05, 3.63) is 53.2 Å². The Hall–Kier alpha value is -3.41. The Kier molecular flexibility index (Phi) is 6.82. The lowest BCUT2D eigenvalue weighted by Crippen LogP contribution is -2.35. The van der Waals surface area contributed by atoms with Crippen LogP contribution in [-0.2, 0) is 23.1 Å². The molecule has 5 N–H and O–H groups in total. The first-order valence-electron chi connectivity index (χ1n) is 11.9. The quantitative estimate of drug-likeness (QED) is 0.183. The normalized spacial score (nSPS) is 29.5. The zero-order valence-corrected chi connectivity index (χ0v) is 21.0. The van der Waals surface area contributed by atoms with Gasteiger partial charge in [0.2, 0.25) is 5.78 Å². The fraction of sp³-hybridized carbons (Fsp3) is 0.476. The molecule has 0 saturated carbocycles. The molecule has 4 aromatic heterocycles. The second-order valence-electron chi connectivity index (χ2n) is 9.02. The molecule has 0 bridgehead atoms. The lowest BCUT2D eigenvalue weighted by Gasteiger charge is -2.19. The number of nitrogens with zero attached hydrogens (tertiary/aromatic N) is 7. The first-order valence-corrected chi connectivity index (χ1v) is 13.0. The number of hydrogen-bond acceptors (Lipinski definition) is 14. The Labute approximate surface area is 219 Å². The van der Waals surface area contributed by atoms with Gasteiger partial charge < -0.3 is 30.5 Å². The lowest BCUT2D eigenvalue weighted by atomic mass is 10.1. The van der Waals surface area contributed by atoms with Crippen molar-refractivity contribution in [2.24, 2.45) is 0 Å². The predicted octanol–water partition coefficient (Wildman–Crippen LogP) is -1.28. The van der Waals surface area contributed by atoms with Gasteiger partial charge in [-0.25, -0.2) is 19.5 Å². The Morgan fingerprint density at radius 1 is 1.18 bits per heavy atom. The van der Waals surface area contributed by atoms with Crippen molar-refractivity contribution in [2.45, 2.75) is 49.3 Å². The van der Waals surface area contributed by atoms with E-state index in [9.17, 15) is 24.7 Å². The topological polar surface area (TPSA) is 223 Å². The van der Waals surface area contributed by atoms with Gasteiger partial charge in [0.15, 0.2) is 23.8 Å². The summed E-state index contributed by atoms with van der Waals surface area (Å²) in [7, 11) is -2.84. The third kappa shape index (κ3) is 4.58. The smallest absolute Gasteiger partial charge is 0.394 e. The summed E-state index contributed by atoms with van der Waals surface area (Å²) in [5.41, 5.74) is 6.39. The molecule has 17 nitrogen and oxygen atoms in total. The fourth-order valence-electron chi connectivity index (χ4n) is 4.76. The summed E-state index contributed by atoms with van der Waals surface area (Å²) >= 11 is 0. The highest BCUT2D eigenvalue weighted by Crippen LogP contribution is 2.40. The van der Waals surface area contributed by atoms with Gasteiger partial charge >= 0.3 is 8.25 Å². The molecule has 6 rings (SSSR count). The predicted molar refractivity (Wildman–Crippen MR) is 128 cm³/mol. The molecule has 2 aliphatic heterocycles. The van der Waals surface area contributed by atoms with E-state index < -0.39 is 57.7 Å². The number of aliphatic hydroxyl groups excluding tert-OH is 3. The minimum Gasteiger partial charge on any atom is -0.394 e. The standard InChI is InChI=1S/C21H24N8O9P/c22-18-19-24-6-10(29(19)26-9-25-18)12-5-11(31)14(36-12)8-35-39(34)38-17-16(33)13(7-30)37-20(17)28-3-1-15(32)27-4-2-23-21(27)28/h1-4,6,9,11-14,16-17,20,30-31,33H,5,7-8H2,(H2,22,25,26)/q+1/t11-,12+,13+,14+,16+,17+,20+/m0/s1. The number of hydrogen-bond donors (Lipinski definition) is 4. The van der Waals surface area contributed by atoms with E-state index in [1.165, 1.54) is 50.7 Å². The fourth-order valence-corrected chi connectivity index (χ4v) is 5.52. The van der Waals surface area contributed by atoms with E-state index in [0.29, 0.717) is 11.3 Å². The first kappa shape index (κ1) is 25.8. The Morgan fingerprint density at radius 2 is 2.03 bits per heavy atom. The number of rotatable bonds is 8. The molecular formula is C21H24N8O9P+. The molecule has 4 aromatic rings. The lowest BCUT2D eigenvalue weighted by molar-refractivity contribution is -0.0508. The summed E-state index contributed by atoms with van der Waals surface area (Å²) < 4.78 is 39.5. The molecule has 39 heavy (non-hydrogen) atoms. The number of fused-ring (bicyclic) bond motifs is 2. The number of nitrogen functional groups attached to an aromatic ring is 1. The molecule has 0 aromatic carbocycles. The van der Waals surface area contributed by atoms with Crippen LogP contribution in [0, 0.1) is 0 Å². The summed E-state index contributed by atoms with van der Waals surface area (Å²) in [4.78, 5) is 24.3. The second kappa shape index (κ2) is 10.3. The number of anilines is 1. The van der Waals surface area contributed by atoms with Gasteiger partial charge in [-0.2, -0.15) is 5.10 Å². The zero-order valence-electron chi connectivity index (χ0n) is 20.1. The van der Waals surface area contributed by atoms with Crippen LogP contribution >= 0.6 is 8.25 Å². The number of nitrogens with two attached hydrogens (primary N) is 1. The monoisotopic (exact) mass is 563 g/mol. The van der Waals surface area contributed by atoms with E-state index in [-0.39, 0.29) is 30.2 Å². The highest BCUT2D eigenvalue weighted by Gasteiger charge is 2.51. The minimum absolute atomic E-state index is 0.191. The minimum atomic E-state index is -2.84. The van der Waals surface area contributed by atoms with Crippen molar-refractivity contribution in [3.63, 3.8) is 0 Å². The van der Waals surface area contributed by atoms with E-state index >= 15 is 0 Å². The van der Waals surface area contributed by atoms with Gasteiger partial charge in [0.25, 0.3) is 5.56 Å². The molecular weight excluding hydrogens is 539 g/mol. The van der Waals surface area contributed by atoms with Crippen LogP contribution in [0.5, 0.6) is 0 Å². The molecule has 1 unspecified atom stereocenters. The Balaban J connectivity index is 1.13. The highest BCUT2D eigenvalue weighted by atomic mass is 31.1. The molecule has 2 saturated heterocycles. The van der Waals surface area contributed by atoms with Crippen molar-refractivity contribution < 1.29 is 38.4 Å². The van der Waals surface area contributed by atoms with Crippen LogP contribution in [0.1, 0.15) is 24.4 Å². The third-order valence-corrected chi connectivity index (χ3v) is 7.47. The van der Waals surface area contributed by atoms with Gasteiger partial charge in [0, 0.05) is 35.6 Å². The largest absolute Gasteiger partial charge is 0.698 e. The van der Waals surface area contributed by atoms with Gasteiger partial charge in [0.1, 0.15) is 37.4 Å². The van der Waals surface area contributed by atoms with Crippen LogP contribution < -0.4 is 11.3 Å². The third-order valence-electron chi connectivity index (χ3n) is 6.70. The van der Waals surface area contributed by atoms with E-state index in [4.69, 9.17) is 24.3 Å². The number of imidazole rings is 2. The van der Waals surface area contributed by atoms with E-state index in [1.54, 1.807) is 0 Å². The summed E-state index contributed by atoms with van der Waals surface area (Å²) in [6, 6.07) is 1.27. The zero-order chi connectivity index (χ0) is 27.3. The molecule has 0 spiro atoms. The van der Waals surface area contributed by atoms with Crippen molar-refractivity contribution in [3.8, 4) is 0 Å². The van der Waals surface area contributed by atoms with E-state index in [0.717, 1.165) is 0 Å². The van der Waals surface area contributed by atoms with Crippen molar-refractivity contribution in [2.75, 3.05) is 18.9 Å². The molecule has 8 atom stereocenters. The molecule has 18 heteroatoms. The van der Waals surface area contributed by atoms with Crippen molar-refractivity contribution in [1.82, 2.24) is 33.5 Å². The molecule has 0 radical (unpaired) electrons. The average molecular weight is 563 g/mol. The van der Waals surface area contributed by atoms with Crippen LogP contribution in [-0.4, -0.2) is 92.6 Å². The summed E-state index contributed by atoms with van der Waals surface area (Å²) in [5, 5.41) is 35.0. The molecule has 2 fully saturated rings. The number of aromatic nitrogens is 7. The van der Waals surface area contributed by atoms with E-state index in [2.05, 4.69) is 20.1 Å². The molecule has 206 valence electrons. The average Bonchev–Trinajstić information content (AvgIpc) is 3.70. The summed E-state index contributed by atoms with van der Waals surface area (Å²) in [6.07, 6.45) is 0.107. The van der Waals surface area contributed by atoms with Crippen LogP contribution in [0.25, 0.3) is 11.4 Å². The van der Waals surface area contributed by atoms with Gasteiger partial charge in [-0.05, 0) is 0 Å². The number of aliphatic hydroxyl groups is 3. The van der Waals surface area contributed by atoms with Gasteiger partial charge in [-0.3, -0.25) is 13.8 Å². The Bertz CT molecular complexity index is 1580. The van der Waals surface area contributed by atoms with Gasteiger partial charge in [-0.15, -0.1) is 9.05 Å². The maximum atomic E-state index is 12.8. The van der Waals surface area contributed by atoms with Gasteiger partial charge in [-0.1, -0.05) is 0 Å². The maximum absolute atomic E-state index is 12.8. The van der Waals surface area contributed by atoms with Gasteiger partial charge in [0.05, 0.1) is 24.6 Å². The summed E-state index contributed by atoms with van der Waals surface area (Å²) in [5.74, 6) is 0.384. The molecule has 0 aliphatic carbocycles. The molecule has 2 aliphatic rings. The number of ether oxygens (including phenoxy) is 2. The van der Waals surface area contributed by atoms with Crippen molar-refractivity contribution >= 4 is 25.5 Å². The van der Waals surface area contributed by atoms with E-state index in [1.807, 2.05) is 0 Å². The van der Waals surface area contributed by atoms with Crippen LogP contribution in [0.2, 0.25) is 0 Å². The van der Waals surface area contributed by atoms with Crippen LogP contribution in [0.15, 0.2) is 42.0 Å². The van der Waals surface area contributed by atoms with Crippen molar-refractivity contribution in [1.29, 1.82) is 0 Å².